The molecule has 0 spiro atoms. The smallest absolute Gasteiger partial charge is 0.322 e. The number of pyridine rings is 1. The van der Waals surface area contributed by atoms with Gasteiger partial charge in [-0.25, -0.2) is 17.8 Å². The topological polar surface area (TPSA) is 96.4 Å². The lowest BCUT2D eigenvalue weighted by molar-refractivity contribution is -0.140. The van der Waals surface area contributed by atoms with Gasteiger partial charge in [-0.05, 0) is 18.1 Å². The second-order valence-corrected chi connectivity index (χ2v) is 5.74. The molecule has 0 aliphatic heterocycles. The first-order valence-electron chi connectivity index (χ1n) is 5.65. The van der Waals surface area contributed by atoms with Gasteiger partial charge in [-0.1, -0.05) is 20.3 Å². The summed E-state index contributed by atoms with van der Waals surface area (Å²) >= 11 is 0. The highest BCUT2D eigenvalue weighted by atomic mass is 32.2. The summed E-state index contributed by atoms with van der Waals surface area (Å²) < 4.78 is 39.2. The number of carbonyl (C=O) groups is 1. The first kappa shape index (κ1) is 15.5. The maximum absolute atomic E-state index is 13.4. The van der Waals surface area contributed by atoms with Crippen LogP contribution in [0.2, 0.25) is 0 Å². The van der Waals surface area contributed by atoms with E-state index in [0.717, 1.165) is 12.3 Å². The monoisotopic (exact) mass is 290 g/mol. The quantitative estimate of drug-likeness (QED) is 0.814. The predicted molar refractivity (Wildman–Crippen MR) is 65.4 cm³/mol. The SMILES string of the molecule is CC[C@H](C)[C@H](NS(=O)(=O)c1ncccc1F)C(=O)O. The van der Waals surface area contributed by atoms with Crippen molar-refractivity contribution in [3.8, 4) is 0 Å². The van der Waals surface area contributed by atoms with Crippen LogP contribution < -0.4 is 4.72 Å². The zero-order valence-corrected chi connectivity index (χ0v) is 11.3. The number of carboxylic acids is 1. The van der Waals surface area contributed by atoms with E-state index in [-0.39, 0.29) is 0 Å². The summed E-state index contributed by atoms with van der Waals surface area (Å²) in [5.41, 5.74) is 0. The van der Waals surface area contributed by atoms with Crippen molar-refractivity contribution < 1.29 is 22.7 Å². The van der Waals surface area contributed by atoms with Gasteiger partial charge in [-0.15, -0.1) is 0 Å². The Morgan fingerprint density at radius 1 is 1.58 bits per heavy atom. The van der Waals surface area contributed by atoms with Crippen LogP contribution in [-0.2, 0) is 14.8 Å². The third kappa shape index (κ3) is 3.71. The third-order valence-corrected chi connectivity index (χ3v) is 4.11. The fourth-order valence-corrected chi connectivity index (χ4v) is 2.74. The minimum atomic E-state index is -4.31. The van der Waals surface area contributed by atoms with E-state index >= 15 is 0 Å². The first-order valence-corrected chi connectivity index (χ1v) is 7.13. The maximum atomic E-state index is 13.4. The molecule has 2 N–H and O–H groups in total. The molecule has 0 bridgehead atoms. The largest absolute Gasteiger partial charge is 0.480 e. The number of nitrogens with zero attached hydrogens (tertiary/aromatic N) is 1. The molecular formula is C11H15FN2O4S. The van der Waals surface area contributed by atoms with Crippen molar-refractivity contribution in [3.63, 3.8) is 0 Å². The van der Waals surface area contributed by atoms with E-state index < -0.39 is 38.8 Å². The average molecular weight is 290 g/mol. The molecule has 0 saturated heterocycles. The molecule has 0 saturated carbocycles. The van der Waals surface area contributed by atoms with E-state index in [0.29, 0.717) is 6.42 Å². The lowest BCUT2D eigenvalue weighted by atomic mass is 10.0. The second kappa shape index (κ2) is 6.07. The lowest BCUT2D eigenvalue weighted by Gasteiger charge is -2.19. The van der Waals surface area contributed by atoms with Crippen molar-refractivity contribution >= 4 is 16.0 Å². The van der Waals surface area contributed by atoms with Gasteiger partial charge in [0.1, 0.15) is 6.04 Å². The highest BCUT2D eigenvalue weighted by Gasteiger charge is 2.31. The van der Waals surface area contributed by atoms with E-state index in [1.807, 2.05) is 4.72 Å². The van der Waals surface area contributed by atoms with Gasteiger partial charge in [0.25, 0.3) is 10.0 Å². The van der Waals surface area contributed by atoms with Gasteiger partial charge < -0.3 is 5.11 Å². The number of carboxylic acid groups (broad SMARTS) is 1. The molecule has 0 amide bonds. The molecule has 19 heavy (non-hydrogen) atoms. The third-order valence-electron chi connectivity index (χ3n) is 2.74. The molecule has 1 aromatic heterocycles. The van der Waals surface area contributed by atoms with Gasteiger partial charge in [0.15, 0.2) is 5.82 Å². The number of nitrogens with one attached hydrogen (secondary N) is 1. The summed E-state index contributed by atoms with van der Waals surface area (Å²) in [6, 6.07) is 0.870. The number of hydrogen-bond donors (Lipinski definition) is 2. The fourth-order valence-electron chi connectivity index (χ4n) is 1.44. The number of aromatic nitrogens is 1. The molecule has 6 nitrogen and oxygen atoms in total. The molecule has 0 unspecified atom stereocenters. The molecule has 0 radical (unpaired) electrons. The van der Waals surface area contributed by atoms with Gasteiger partial charge in [0, 0.05) is 6.20 Å². The Labute approximate surface area is 110 Å². The summed E-state index contributed by atoms with van der Waals surface area (Å²) in [7, 11) is -4.31. The van der Waals surface area contributed by atoms with E-state index in [2.05, 4.69) is 4.98 Å². The van der Waals surface area contributed by atoms with Gasteiger partial charge in [0.05, 0.1) is 0 Å². The van der Waals surface area contributed by atoms with E-state index in [9.17, 15) is 17.6 Å². The summed E-state index contributed by atoms with van der Waals surface area (Å²) in [6.45, 7) is 3.33. The normalized spacial score (nSPS) is 14.9. The number of sulfonamides is 1. The van der Waals surface area contributed by atoms with Gasteiger partial charge in [-0.2, -0.15) is 4.72 Å². The number of rotatable bonds is 6. The number of hydrogen-bond acceptors (Lipinski definition) is 4. The summed E-state index contributed by atoms with van der Waals surface area (Å²) in [4.78, 5) is 14.5. The zero-order chi connectivity index (χ0) is 14.6. The summed E-state index contributed by atoms with van der Waals surface area (Å²) in [5, 5.41) is 8.21. The van der Waals surface area contributed by atoms with Crippen molar-refractivity contribution in [2.45, 2.75) is 31.3 Å². The fraction of sp³-hybridized carbons (Fsp3) is 0.455. The summed E-state index contributed by atoms with van der Waals surface area (Å²) in [5.74, 6) is -2.77. The van der Waals surface area contributed by atoms with Gasteiger partial charge >= 0.3 is 5.97 Å². The van der Waals surface area contributed by atoms with Crippen LogP contribution in [0.15, 0.2) is 23.4 Å². The minimum Gasteiger partial charge on any atom is -0.480 e. The van der Waals surface area contributed by atoms with Crippen molar-refractivity contribution in [2.75, 3.05) is 0 Å². The van der Waals surface area contributed by atoms with Crippen LogP contribution in [0.4, 0.5) is 4.39 Å². The van der Waals surface area contributed by atoms with E-state index in [1.165, 1.54) is 6.07 Å². The van der Waals surface area contributed by atoms with Crippen LogP contribution in [0, 0.1) is 11.7 Å². The van der Waals surface area contributed by atoms with Crippen molar-refractivity contribution in [1.82, 2.24) is 9.71 Å². The molecule has 1 rings (SSSR count). The van der Waals surface area contributed by atoms with Crippen molar-refractivity contribution in [3.05, 3.63) is 24.1 Å². The maximum Gasteiger partial charge on any atom is 0.322 e. The number of aliphatic carboxylic acids is 1. The van der Waals surface area contributed by atoms with E-state index in [4.69, 9.17) is 5.11 Å². The second-order valence-electron chi connectivity index (χ2n) is 4.11. The van der Waals surface area contributed by atoms with Crippen LogP contribution in [-0.4, -0.2) is 30.5 Å². The molecule has 2 atom stereocenters. The molecule has 0 aromatic carbocycles. The Kier molecular flexibility index (Phi) is 4.96. The predicted octanol–water partition coefficient (Wildman–Crippen LogP) is 0.998. The average Bonchev–Trinajstić information content (AvgIpc) is 2.35. The van der Waals surface area contributed by atoms with Crippen LogP contribution >= 0.6 is 0 Å². The Morgan fingerprint density at radius 2 is 2.21 bits per heavy atom. The Balaban J connectivity index is 3.08. The van der Waals surface area contributed by atoms with Crippen molar-refractivity contribution in [2.24, 2.45) is 5.92 Å². The van der Waals surface area contributed by atoms with Crippen LogP contribution in [0.1, 0.15) is 20.3 Å². The van der Waals surface area contributed by atoms with Gasteiger partial charge in [0.2, 0.25) is 5.03 Å². The van der Waals surface area contributed by atoms with Gasteiger partial charge in [-0.3, -0.25) is 4.79 Å². The lowest BCUT2D eigenvalue weighted by Crippen LogP contribution is -2.45. The molecule has 106 valence electrons. The Morgan fingerprint density at radius 3 is 2.68 bits per heavy atom. The molecule has 0 aliphatic rings. The molecule has 1 heterocycles. The Bertz CT molecular complexity index is 562. The molecule has 1 aromatic rings. The highest BCUT2D eigenvalue weighted by Crippen LogP contribution is 2.14. The minimum absolute atomic E-state index is 0.431. The molecule has 0 aliphatic carbocycles. The Hall–Kier alpha value is -1.54. The van der Waals surface area contributed by atoms with Crippen LogP contribution in [0.3, 0.4) is 0 Å². The summed E-state index contributed by atoms with van der Waals surface area (Å²) in [6.07, 6.45) is 1.58. The molecule has 0 fully saturated rings. The van der Waals surface area contributed by atoms with Crippen molar-refractivity contribution in [1.29, 1.82) is 0 Å². The number of halogens is 1. The zero-order valence-electron chi connectivity index (χ0n) is 10.5. The van der Waals surface area contributed by atoms with Crippen LogP contribution in [0.25, 0.3) is 0 Å². The standard InChI is InChI=1S/C11H15FN2O4S/c1-3-7(2)9(11(15)16)14-19(17,18)10-8(12)5-4-6-13-10/h4-7,9,14H,3H2,1-2H3,(H,15,16)/t7-,9-/m0/s1. The highest BCUT2D eigenvalue weighted by molar-refractivity contribution is 7.89. The molecular weight excluding hydrogens is 275 g/mol. The van der Waals surface area contributed by atoms with Crippen LogP contribution in [0.5, 0.6) is 0 Å². The molecule has 8 heteroatoms. The van der Waals surface area contributed by atoms with E-state index in [1.54, 1.807) is 13.8 Å². The first-order chi connectivity index (χ1) is 8.79.